The van der Waals surface area contributed by atoms with E-state index in [4.69, 9.17) is 10.00 Å². The number of hydrogen-bond donors (Lipinski definition) is 0. The summed E-state index contributed by atoms with van der Waals surface area (Å²) in [6.07, 6.45) is 0.494. The molecule has 0 saturated carbocycles. The van der Waals surface area contributed by atoms with E-state index in [1.54, 1.807) is 36.4 Å². The van der Waals surface area contributed by atoms with Gasteiger partial charge in [-0.3, -0.25) is 4.79 Å². The normalized spacial score (nSPS) is 10.0. The Kier molecular flexibility index (Phi) is 4.39. The molecule has 0 bridgehead atoms. The van der Waals surface area contributed by atoms with Crippen LogP contribution in [0.1, 0.15) is 40.4 Å². The molecule has 0 spiro atoms. The van der Waals surface area contributed by atoms with Crippen LogP contribution in [0.4, 0.5) is 0 Å². The Morgan fingerprint density at radius 1 is 1.14 bits per heavy atom. The van der Waals surface area contributed by atoms with E-state index in [0.717, 1.165) is 16.9 Å². The van der Waals surface area contributed by atoms with Crippen LogP contribution >= 0.6 is 0 Å². The number of rotatable bonds is 4. The van der Waals surface area contributed by atoms with Crippen LogP contribution in [0.15, 0.2) is 36.4 Å². The topological polar surface area (TPSA) is 50.1 Å². The van der Waals surface area contributed by atoms with Crippen molar-refractivity contribution in [2.45, 2.75) is 27.2 Å². The first kappa shape index (κ1) is 14.8. The third-order valence-electron chi connectivity index (χ3n) is 3.31. The van der Waals surface area contributed by atoms with E-state index in [9.17, 15) is 4.79 Å². The smallest absolute Gasteiger partial charge is 0.162 e. The highest BCUT2D eigenvalue weighted by Crippen LogP contribution is 2.30. The molecular formula is C18H17NO2. The standard InChI is InChI=1S/C18H17NO2/c1-4-17(20)15-5-7-16(8-6-15)21-18-12(2)9-14(11-19)10-13(18)3/h5-10H,4H2,1-3H3. The van der Waals surface area contributed by atoms with Crippen LogP contribution < -0.4 is 4.74 Å². The maximum absolute atomic E-state index is 11.6. The van der Waals surface area contributed by atoms with Crippen molar-refractivity contribution >= 4 is 5.78 Å². The fourth-order valence-corrected chi connectivity index (χ4v) is 2.21. The lowest BCUT2D eigenvalue weighted by atomic mass is 10.1. The summed E-state index contributed by atoms with van der Waals surface area (Å²) in [4.78, 5) is 11.6. The molecule has 0 atom stereocenters. The average molecular weight is 279 g/mol. The summed E-state index contributed by atoms with van der Waals surface area (Å²) in [5.41, 5.74) is 3.15. The lowest BCUT2D eigenvalue weighted by Gasteiger charge is -2.12. The zero-order chi connectivity index (χ0) is 15.4. The number of benzene rings is 2. The first-order valence-electron chi connectivity index (χ1n) is 6.87. The molecule has 3 heteroatoms. The number of nitrogens with zero attached hydrogens (tertiary/aromatic N) is 1. The molecule has 0 amide bonds. The number of aryl methyl sites for hydroxylation is 2. The molecule has 0 aromatic heterocycles. The molecule has 0 unspecified atom stereocenters. The van der Waals surface area contributed by atoms with Gasteiger partial charge in [-0.05, 0) is 61.4 Å². The van der Waals surface area contributed by atoms with Crippen LogP contribution in [0.2, 0.25) is 0 Å². The number of ether oxygens (including phenoxy) is 1. The monoisotopic (exact) mass is 279 g/mol. The first-order valence-corrected chi connectivity index (χ1v) is 6.87. The fourth-order valence-electron chi connectivity index (χ4n) is 2.21. The van der Waals surface area contributed by atoms with Crippen molar-refractivity contribution < 1.29 is 9.53 Å². The number of carbonyl (C=O) groups is 1. The highest BCUT2D eigenvalue weighted by molar-refractivity contribution is 5.95. The molecule has 21 heavy (non-hydrogen) atoms. The largest absolute Gasteiger partial charge is 0.457 e. The van der Waals surface area contributed by atoms with Gasteiger partial charge in [0.05, 0.1) is 11.6 Å². The Balaban J connectivity index is 2.27. The van der Waals surface area contributed by atoms with E-state index in [-0.39, 0.29) is 5.78 Å². The minimum atomic E-state index is 0.118. The molecule has 106 valence electrons. The lowest BCUT2D eigenvalue weighted by molar-refractivity contribution is 0.0988. The third kappa shape index (κ3) is 3.29. The summed E-state index contributed by atoms with van der Waals surface area (Å²) in [6.45, 7) is 5.67. The number of carbonyl (C=O) groups excluding carboxylic acids is 1. The third-order valence-corrected chi connectivity index (χ3v) is 3.31. The summed E-state index contributed by atoms with van der Waals surface area (Å²) < 4.78 is 5.89. The van der Waals surface area contributed by atoms with Crippen molar-refractivity contribution in [3.63, 3.8) is 0 Å². The predicted molar refractivity (Wildman–Crippen MR) is 81.8 cm³/mol. The van der Waals surface area contributed by atoms with Crippen LogP contribution in [0.3, 0.4) is 0 Å². The molecule has 2 rings (SSSR count). The molecule has 0 aliphatic heterocycles. The van der Waals surface area contributed by atoms with E-state index in [1.165, 1.54) is 0 Å². The lowest BCUT2D eigenvalue weighted by Crippen LogP contribution is -1.97. The van der Waals surface area contributed by atoms with Crippen molar-refractivity contribution in [2.75, 3.05) is 0 Å². The van der Waals surface area contributed by atoms with Gasteiger partial charge < -0.3 is 4.74 Å². The van der Waals surface area contributed by atoms with Gasteiger partial charge in [-0.25, -0.2) is 0 Å². The second kappa shape index (κ2) is 6.23. The second-order valence-corrected chi connectivity index (χ2v) is 4.95. The van der Waals surface area contributed by atoms with Crippen molar-refractivity contribution in [1.29, 1.82) is 5.26 Å². The minimum absolute atomic E-state index is 0.118. The maximum Gasteiger partial charge on any atom is 0.162 e. The van der Waals surface area contributed by atoms with Gasteiger partial charge in [0, 0.05) is 12.0 Å². The van der Waals surface area contributed by atoms with E-state index in [1.807, 2.05) is 20.8 Å². The van der Waals surface area contributed by atoms with Crippen molar-refractivity contribution in [1.82, 2.24) is 0 Å². The van der Waals surface area contributed by atoms with Crippen LogP contribution in [-0.4, -0.2) is 5.78 Å². The van der Waals surface area contributed by atoms with Gasteiger partial charge in [-0.1, -0.05) is 6.92 Å². The van der Waals surface area contributed by atoms with Crippen LogP contribution in [0.25, 0.3) is 0 Å². The summed E-state index contributed by atoms with van der Waals surface area (Å²) >= 11 is 0. The number of ketones is 1. The van der Waals surface area contributed by atoms with Gasteiger partial charge in [0.25, 0.3) is 0 Å². The molecule has 0 aliphatic rings. The molecule has 0 N–H and O–H groups in total. The highest BCUT2D eigenvalue weighted by Gasteiger charge is 2.09. The van der Waals surface area contributed by atoms with Crippen molar-refractivity contribution in [2.24, 2.45) is 0 Å². The van der Waals surface area contributed by atoms with Crippen molar-refractivity contribution in [3.05, 3.63) is 58.7 Å². The fraction of sp³-hybridized carbons (Fsp3) is 0.222. The van der Waals surface area contributed by atoms with Gasteiger partial charge in [0.1, 0.15) is 11.5 Å². The van der Waals surface area contributed by atoms with Gasteiger partial charge in [0.2, 0.25) is 0 Å². The molecule has 3 nitrogen and oxygen atoms in total. The Labute approximate surface area is 124 Å². The molecule has 0 fully saturated rings. The Morgan fingerprint density at radius 2 is 1.71 bits per heavy atom. The summed E-state index contributed by atoms with van der Waals surface area (Å²) in [6, 6.07) is 12.9. The summed E-state index contributed by atoms with van der Waals surface area (Å²) in [5.74, 6) is 1.55. The van der Waals surface area contributed by atoms with Crippen LogP contribution in [0, 0.1) is 25.2 Å². The van der Waals surface area contributed by atoms with Gasteiger partial charge in [0.15, 0.2) is 5.78 Å². The Bertz CT molecular complexity index is 686. The molecule has 0 radical (unpaired) electrons. The summed E-state index contributed by atoms with van der Waals surface area (Å²) in [5, 5.41) is 8.95. The average Bonchev–Trinajstić information content (AvgIpc) is 2.50. The van der Waals surface area contributed by atoms with Gasteiger partial charge in [-0.2, -0.15) is 5.26 Å². The highest BCUT2D eigenvalue weighted by atomic mass is 16.5. The SMILES string of the molecule is CCC(=O)c1ccc(Oc2c(C)cc(C#N)cc2C)cc1. The number of nitriles is 1. The number of hydrogen-bond acceptors (Lipinski definition) is 3. The quantitative estimate of drug-likeness (QED) is 0.771. The Morgan fingerprint density at radius 3 is 2.19 bits per heavy atom. The zero-order valence-electron chi connectivity index (χ0n) is 12.4. The molecule has 2 aromatic carbocycles. The van der Waals surface area contributed by atoms with Crippen LogP contribution in [0.5, 0.6) is 11.5 Å². The van der Waals surface area contributed by atoms with E-state index < -0.39 is 0 Å². The predicted octanol–water partition coefficient (Wildman–Crippen LogP) is 4.56. The van der Waals surface area contributed by atoms with Gasteiger partial charge >= 0.3 is 0 Å². The van der Waals surface area contributed by atoms with Gasteiger partial charge in [-0.15, -0.1) is 0 Å². The molecular weight excluding hydrogens is 262 g/mol. The second-order valence-electron chi connectivity index (χ2n) is 4.95. The molecule has 0 aliphatic carbocycles. The van der Waals surface area contributed by atoms with E-state index in [2.05, 4.69) is 6.07 Å². The first-order chi connectivity index (χ1) is 10.0. The van der Waals surface area contributed by atoms with Crippen LogP contribution in [-0.2, 0) is 0 Å². The molecule has 2 aromatic rings. The van der Waals surface area contributed by atoms with Crippen molar-refractivity contribution in [3.8, 4) is 17.6 Å². The Hall–Kier alpha value is -2.60. The minimum Gasteiger partial charge on any atom is -0.457 e. The van der Waals surface area contributed by atoms with E-state index >= 15 is 0 Å². The number of Topliss-reactive ketones (excluding diaryl/α,β-unsaturated/α-hetero) is 1. The zero-order valence-corrected chi connectivity index (χ0v) is 12.4. The van der Waals surface area contributed by atoms with E-state index in [0.29, 0.717) is 23.3 Å². The molecule has 0 heterocycles. The maximum atomic E-state index is 11.6. The molecule has 0 saturated heterocycles. The summed E-state index contributed by atoms with van der Waals surface area (Å²) in [7, 11) is 0.